The average molecular weight is 451 g/mol. The number of alkyl carbamates (subject to hydrolysis) is 1. The number of hydrogen-bond donors (Lipinski definition) is 2. The van der Waals surface area contributed by atoms with E-state index in [9.17, 15) is 19.5 Å². The number of carboxylic acids is 1. The number of carboxylic acid groups (broad SMARTS) is 1. The molecule has 3 unspecified atom stereocenters. The topological polar surface area (TPSA) is 95.9 Å². The summed E-state index contributed by atoms with van der Waals surface area (Å²) in [5.41, 5.74) is 4.41. The molecule has 1 saturated heterocycles. The van der Waals surface area contributed by atoms with Crippen molar-refractivity contribution in [3.8, 4) is 11.1 Å². The van der Waals surface area contributed by atoms with Gasteiger partial charge >= 0.3 is 12.1 Å². The van der Waals surface area contributed by atoms with Crippen molar-refractivity contribution < 1.29 is 24.2 Å². The van der Waals surface area contributed by atoms with E-state index in [0.717, 1.165) is 35.1 Å². The van der Waals surface area contributed by atoms with Gasteiger partial charge < -0.3 is 20.1 Å². The van der Waals surface area contributed by atoms with Crippen LogP contribution in [-0.4, -0.2) is 53.2 Å². The molecular formula is C26H30N2O5. The van der Waals surface area contributed by atoms with Gasteiger partial charge in [0.25, 0.3) is 0 Å². The third-order valence-electron chi connectivity index (χ3n) is 6.73. The minimum atomic E-state index is -1.16. The molecule has 0 bridgehead atoms. The molecule has 1 aliphatic carbocycles. The SMILES string of the molecule is CC1CCN(C(=O)C(CC(=O)O)NC(=O)OCC2c3ccccc3-c3ccccc32)C(C)C1. The van der Waals surface area contributed by atoms with E-state index < -0.39 is 24.5 Å². The maximum Gasteiger partial charge on any atom is 0.407 e. The number of benzene rings is 2. The van der Waals surface area contributed by atoms with Crippen LogP contribution < -0.4 is 5.32 Å². The molecule has 0 spiro atoms. The zero-order valence-electron chi connectivity index (χ0n) is 19.0. The van der Waals surface area contributed by atoms with Crippen LogP contribution in [0, 0.1) is 5.92 Å². The van der Waals surface area contributed by atoms with Crippen LogP contribution in [0.4, 0.5) is 4.79 Å². The first kappa shape index (κ1) is 22.8. The molecule has 0 radical (unpaired) electrons. The van der Waals surface area contributed by atoms with Crippen molar-refractivity contribution in [2.24, 2.45) is 5.92 Å². The van der Waals surface area contributed by atoms with Crippen molar-refractivity contribution in [3.05, 3.63) is 59.7 Å². The number of rotatable bonds is 6. The highest BCUT2D eigenvalue weighted by Crippen LogP contribution is 2.44. The van der Waals surface area contributed by atoms with Gasteiger partial charge in [0.05, 0.1) is 6.42 Å². The van der Waals surface area contributed by atoms with Crippen LogP contribution in [0.2, 0.25) is 0 Å². The van der Waals surface area contributed by atoms with Crippen LogP contribution in [0.25, 0.3) is 11.1 Å². The molecule has 7 heteroatoms. The first-order chi connectivity index (χ1) is 15.8. The number of likely N-dealkylation sites (tertiary alicyclic amines) is 1. The highest BCUT2D eigenvalue weighted by Gasteiger charge is 2.34. The van der Waals surface area contributed by atoms with Crippen molar-refractivity contribution in [1.29, 1.82) is 0 Å². The van der Waals surface area contributed by atoms with Gasteiger partial charge in [-0.1, -0.05) is 55.5 Å². The maximum atomic E-state index is 13.1. The van der Waals surface area contributed by atoms with E-state index in [1.54, 1.807) is 4.90 Å². The lowest BCUT2D eigenvalue weighted by molar-refractivity contribution is -0.144. The fourth-order valence-corrected chi connectivity index (χ4v) is 5.09. The number of nitrogens with zero attached hydrogens (tertiary/aromatic N) is 1. The van der Waals surface area contributed by atoms with Gasteiger partial charge in [-0.2, -0.15) is 0 Å². The van der Waals surface area contributed by atoms with Crippen molar-refractivity contribution in [1.82, 2.24) is 10.2 Å². The monoisotopic (exact) mass is 450 g/mol. The molecule has 33 heavy (non-hydrogen) atoms. The predicted octanol–water partition coefficient (Wildman–Crippen LogP) is 4.02. The van der Waals surface area contributed by atoms with Crippen molar-refractivity contribution in [2.45, 2.75) is 51.1 Å². The number of nitrogens with one attached hydrogen (secondary N) is 1. The molecule has 2 aliphatic rings. The standard InChI is InChI=1S/C26H30N2O5/c1-16-11-12-28(17(2)13-16)25(31)23(14-24(29)30)27-26(32)33-15-22-20-9-5-3-7-18(20)19-8-4-6-10-21(19)22/h3-10,16-17,22-23H,11-15H2,1-2H3,(H,27,32)(H,29,30). The van der Waals surface area contributed by atoms with E-state index in [0.29, 0.717) is 12.5 Å². The Kier molecular flexibility index (Phi) is 6.67. The molecule has 2 aromatic carbocycles. The molecule has 2 N–H and O–H groups in total. The summed E-state index contributed by atoms with van der Waals surface area (Å²) in [6, 6.07) is 14.9. The Balaban J connectivity index is 1.43. The number of amides is 2. The van der Waals surface area contributed by atoms with Crippen molar-refractivity contribution in [3.63, 3.8) is 0 Å². The molecule has 7 nitrogen and oxygen atoms in total. The van der Waals surface area contributed by atoms with Gasteiger partial charge in [0.2, 0.25) is 5.91 Å². The van der Waals surface area contributed by atoms with Crippen LogP contribution in [0.1, 0.15) is 50.2 Å². The van der Waals surface area contributed by atoms with Gasteiger partial charge in [0.15, 0.2) is 0 Å². The summed E-state index contributed by atoms with van der Waals surface area (Å²) >= 11 is 0. The van der Waals surface area contributed by atoms with Crippen LogP contribution in [-0.2, 0) is 14.3 Å². The third kappa shape index (κ3) is 4.87. The second-order valence-corrected chi connectivity index (χ2v) is 9.13. The zero-order chi connectivity index (χ0) is 23.5. The summed E-state index contributed by atoms with van der Waals surface area (Å²) < 4.78 is 5.52. The number of carbonyl (C=O) groups is 3. The largest absolute Gasteiger partial charge is 0.481 e. The van der Waals surface area contributed by atoms with Gasteiger partial charge in [-0.25, -0.2) is 4.79 Å². The van der Waals surface area contributed by atoms with E-state index in [4.69, 9.17) is 4.74 Å². The Morgan fingerprint density at radius 2 is 1.67 bits per heavy atom. The number of fused-ring (bicyclic) bond motifs is 3. The Morgan fingerprint density at radius 3 is 2.24 bits per heavy atom. The van der Waals surface area contributed by atoms with Crippen LogP contribution in [0.15, 0.2) is 48.5 Å². The summed E-state index contributed by atoms with van der Waals surface area (Å²) in [5, 5.41) is 11.8. The number of ether oxygens (including phenoxy) is 1. The number of piperidine rings is 1. The molecule has 1 fully saturated rings. The molecule has 2 aromatic rings. The molecule has 174 valence electrons. The summed E-state index contributed by atoms with van der Waals surface area (Å²) in [6.07, 6.45) is 0.452. The number of aliphatic carboxylic acids is 1. The summed E-state index contributed by atoms with van der Waals surface area (Å²) in [6.45, 7) is 4.76. The highest BCUT2D eigenvalue weighted by molar-refractivity contribution is 5.89. The first-order valence-corrected chi connectivity index (χ1v) is 11.5. The van der Waals surface area contributed by atoms with E-state index in [1.165, 1.54) is 0 Å². The van der Waals surface area contributed by atoms with E-state index in [1.807, 2.05) is 43.3 Å². The number of carbonyl (C=O) groups excluding carboxylic acids is 2. The molecule has 3 atom stereocenters. The van der Waals surface area contributed by atoms with Gasteiger partial charge in [-0.15, -0.1) is 0 Å². The van der Waals surface area contributed by atoms with Gasteiger partial charge in [-0.05, 0) is 47.9 Å². The fraction of sp³-hybridized carbons (Fsp3) is 0.423. The summed E-state index contributed by atoms with van der Waals surface area (Å²) in [5.74, 6) is -1.12. The Morgan fingerprint density at radius 1 is 1.06 bits per heavy atom. The Hall–Kier alpha value is -3.35. The van der Waals surface area contributed by atoms with E-state index >= 15 is 0 Å². The molecule has 4 rings (SSSR count). The van der Waals surface area contributed by atoms with E-state index in [-0.39, 0.29) is 24.5 Å². The molecule has 1 heterocycles. The predicted molar refractivity (Wildman–Crippen MR) is 124 cm³/mol. The fourth-order valence-electron chi connectivity index (χ4n) is 5.09. The van der Waals surface area contributed by atoms with Crippen LogP contribution in [0.5, 0.6) is 0 Å². The summed E-state index contributed by atoms with van der Waals surface area (Å²) in [4.78, 5) is 38.8. The Bertz CT molecular complexity index is 1010. The lowest BCUT2D eigenvalue weighted by Crippen LogP contribution is -2.54. The second-order valence-electron chi connectivity index (χ2n) is 9.13. The van der Waals surface area contributed by atoms with E-state index in [2.05, 4.69) is 24.4 Å². The normalized spacial score (nSPS) is 20.5. The third-order valence-corrected chi connectivity index (χ3v) is 6.73. The lowest BCUT2D eigenvalue weighted by atomic mass is 9.92. The molecule has 0 saturated carbocycles. The molecular weight excluding hydrogens is 420 g/mol. The molecule has 1 aliphatic heterocycles. The highest BCUT2D eigenvalue weighted by atomic mass is 16.5. The number of hydrogen-bond acceptors (Lipinski definition) is 4. The quantitative estimate of drug-likeness (QED) is 0.693. The van der Waals surface area contributed by atoms with Crippen molar-refractivity contribution in [2.75, 3.05) is 13.2 Å². The van der Waals surface area contributed by atoms with Gasteiger partial charge in [0.1, 0.15) is 12.6 Å². The molecule has 2 amide bonds. The average Bonchev–Trinajstić information content (AvgIpc) is 3.10. The summed E-state index contributed by atoms with van der Waals surface area (Å²) in [7, 11) is 0. The minimum Gasteiger partial charge on any atom is -0.481 e. The van der Waals surface area contributed by atoms with Crippen LogP contribution in [0.3, 0.4) is 0 Å². The van der Waals surface area contributed by atoms with Crippen LogP contribution >= 0.6 is 0 Å². The lowest BCUT2D eigenvalue weighted by Gasteiger charge is -2.38. The maximum absolute atomic E-state index is 13.1. The Labute approximate surface area is 193 Å². The molecule has 0 aromatic heterocycles. The van der Waals surface area contributed by atoms with Gasteiger partial charge in [0, 0.05) is 18.5 Å². The van der Waals surface area contributed by atoms with Gasteiger partial charge in [-0.3, -0.25) is 9.59 Å². The minimum absolute atomic E-state index is 0.00172. The second kappa shape index (κ2) is 9.65. The van der Waals surface area contributed by atoms with Crippen molar-refractivity contribution >= 4 is 18.0 Å². The first-order valence-electron chi connectivity index (χ1n) is 11.5. The zero-order valence-corrected chi connectivity index (χ0v) is 19.0. The smallest absolute Gasteiger partial charge is 0.407 e.